The van der Waals surface area contributed by atoms with E-state index in [0.717, 1.165) is 33.2 Å². The minimum Gasteiger partial charge on any atom is -0.350 e. The van der Waals surface area contributed by atoms with Gasteiger partial charge >= 0.3 is 6.18 Å². The second-order valence-electron chi connectivity index (χ2n) is 7.62. The predicted molar refractivity (Wildman–Crippen MR) is 113 cm³/mol. The van der Waals surface area contributed by atoms with Gasteiger partial charge in [0.1, 0.15) is 6.04 Å². The molecule has 0 fully saturated rings. The Hall–Kier alpha value is -3.16. The molecule has 164 valence electrons. The lowest BCUT2D eigenvalue weighted by Crippen LogP contribution is -2.39. The summed E-state index contributed by atoms with van der Waals surface area (Å²) < 4.78 is 41.2. The molecule has 3 rings (SSSR count). The van der Waals surface area contributed by atoms with Gasteiger partial charge in [-0.3, -0.25) is 14.2 Å². The van der Waals surface area contributed by atoms with Gasteiger partial charge in [0, 0.05) is 6.54 Å². The summed E-state index contributed by atoms with van der Waals surface area (Å²) in [6.45, 7) is 7.18. The van der Waals surface area contributed by atoms with E-state index in [1.807, 2.05) is 31.2 Å². The molecule has 31 heavy (non-hydrogen) atoms. The van der Waals surface area contributed by atoms with Crippen molar-refractivity contribution in [2.24, 2.45) is 0 Å². The minimum atomic E-state index is -4.93. The lowest BCUT2D eigenvalue weighted by molar-refractivity contribution is -0.142. The maximum atomic E-state index is 13.5. The van der Waals surface area contributed by atoms with Crippen LogP contribution in [0.1, 0.15) is 47.8 Å². The van der Waals surface area contributed by atoms with Crippen LogP contribution in [0.3, 0.4) is 0 Å². The van der Waals surface area contributed by atoms with Crippen LogP contribution in [0.4, 0.5) is 13.2 Å². The minimum absolute atomic E-state index is 0.0184. The monoisotopic (exact) mass is 431 g/mol. The molecule has 3 aromatic rings. The zero-order valence-electron chi connectivity index (χ0n) is 17.8. The van der Waals surface area contributed by atoms with E-state index in [1.54, 1.807) is 19.9 Å². The van der Waals surface area contributed by atoms with Crippen LogP contribution in [-0.4, -0.2) is 15.5 Å². The molecule has 0 unspecified atom stereocenters. The van der Waals surface area contributed by atoms with Crippen LogP contribution in [0.5, 0.6) is 0 Å². The zero-order valence-corrected chi connectivity index (χ0v) is 17.8. The van der Waals surface area contributed by atoms with Crippen LogP contribution in [-0.2, 0) is 23.9 Å². The van der Waals surface area contributed by atoms with Crippen molar-refractivity contribution in [2.45, 2.75) is 52.9 Å². The first-order chi connectivity index (χ1) is 14.5. The van der Waals surface area contributed by atoms with Crippen LogP contribution >= 0.6 is 0 Å². The zero-order chi connectivity index (χ0) is 22.9. The second kappa shape index (κ2) is 8.53. The third kappa shape index (κ3) is 4.62. The lowest BCUT2D eigenvalue weighted by atomic mass is 10.1. The normalized spacial score (nSPS) is 12.7. The Bertz CT molecular complexity index is 1180. The van der Waals surface area contributed by atoms with E-state index in [4.69, 9.17) is 0 Å². The number of hydrogen-bond donors (Lipinski definition) is 1. The van der Waals surface area contributed by atoms with Gasteiger partial charge in [-0.1, -0.05) is 31.2 Å². The van der Waals surface area contributed by atoms with E-state index < -0.39 is 29.4 Å². The highest BCUT2D eigenvalue weighted by Crippen LogP contribution is 2.28. The Morgan fingerprint density at radius 3 is 2.26 bits per heavy atom. The highest BCUT2D eigenvalue weighted by Gasteiger charge is 2.38. The summed E-state index contributed by atoms with van der Waals surface area (Å²) in [6, 6.07) is 9.59. The fourth-order valence-corrected chi connectivity index (χ4v) is 3.38. The second-order valence-corrected chi connectivity index (χ2v) is 7.62. The first-order valence-corrected chi connectivity index (χ1v) is 9.99. The van der Waals surface area contributed by atoms with E-state index in [9.17, 15) is 22.8 Å². The van der Waals surface area contributed by atoms with E-state index in [2.05, 4.69) is 10.3 Å². The van der Waals surface area contributed by atoms with Crippen LogP contribution in [0, 0.1) is 13.8 Å². The number of benzene rings is 2. The van der Waals surface area contributed by atoms with E-state index in [-0.39, 0.29) is 17.6 Å². The van der Waals surface area contributed by atoms with Crippen molar-refractivity contribution in [3.63, 3.8) is 0 Å². The lowest BCUT2D eigenvalue weighted by Gasteiger charge is -2.20. The van der Waals surface area contributed by atoms with E-state index in [0.29, 0.717) is 0 Å². The molecule has 2 aromatic carbocycles. The van der Waals surface area contributed by atoms with Gasteiger partial charge in [0.05, 0.1) is 11.0 Å². The highest BCUT2D eigenvalue weighted by atomic mass is 19.4. The number of halogens is 3. The summed E-state index contributed by atoms with van der Waals surface area (Å²) >= 11 is 0. The summed E-state index contributed by atoms with van der Waals surface area (Å²) in [5.41, 5.74) is 0.879. The molecule has 1 atom stereocenters. The van der Waals surface area contributed by atoms with Crippen LogP contribution in [0.2, 0.25) is 0 Å². The van der Waals surface area contributed by atoms with Crippen LogP contribution in [0.25, 0.3) is 11.0 Å². The van der Waals surface area contributed by atoms with Crippen molar-refractivity contribution < 1.29 is 18.0 Å². The van der Waals surface area contributed by atoms with Crippen molar-refractivity contribution in [2.75, 3.05) is 0 Å². The van der Waals surface area contributed by atoms with Crippen molar-refractivity contribution >= 4 is 16.9 Å². The van der Waals surface area contributed by atoms with Crippen molar-refractivity contribution in [1.82, 2.24) is 14.9 Å². The first kappa shape index (κ1) is 22.5. The van der Waals surface area contributed by atoms with Crippen molar-refractivity contribution in [3.8, 4) is 0 Å². The fraction of sp³-hybridized carbons (Fsp3) is 0.348. The molecular formula is C23H24F3N3O2. The summed E-state index contributed by atoms with van der Waals surface area (Å²) in [6.07, 6.45) is -4.04. The topological polar surface area (TPSA) is 64.0 Å². The Morgan fingerprint density at radius 1 is 1.10 bits per heavy atom. The molecule has 0 aliphatic rings. The maximum Gasteiger partial charge on any atom is 0.438 e. The van der Waals surface area contributed by atoms with Gasteiger partial charge < -0.3 is 5.32 Å². The number of nitrogens with one attached hydrogen (secondary N) is 1. The quantitative estimate of drug-likeness (QED) is 0.648. The van der Waals surface area contributed by atoms with Crippen molar-refractivity contribution in [1.29, 1.82) is 0 Å². The summed E-state index contributed by atoms with van der Waals surface area (Å²) in [7, 11) is 0. The number of aromatic nitrogens is 2. The van der Waals surface area contributed by atoms with Crippen molar-refractivity contribution in [3.05, 3.63) is 74.7 Å². The molecule has 0 radical (unpaired) electrons. The summed E-state index contributed by atoms with van der Waals surface area (Å²) in [4.78, 5) is 29.1. The molecule has 8 heteroatoms. The Morgan fingerprint density at radius 2 is 1.68 bits per heavy atom. The fourth-order valence-electron chi connectivity index (χ4n) is 3.38. The Labute approximate surface area is 177 Å². The number of amides is 1. The third-order valence-corrected chi connectivity index (χ3v) is 5.44. The number of carbonyl (C=O) groups is 1. The molecule has 0 aliphatic heterocycles. The van der Waals surface area contributed by atoms with Gasteiger partial charge in [-0.25, -0.2) is 4.98 Å². The number of aryl methyl sites for hydroxylation is 3. The molecule has 0 bridgehead atoms. The molecule has 5 nitrogen and oxygen atoms in total. The first-order valence-electron chi connectivity index (χ1n) is 9.99. The number of nitrogens with zero attached hydrogens (tertiary/aromatic N) is 2. The highest BCUT2D eigenvalue weighted by molar-refractivity contribution is 5.84. The van der Waals surface area contributed by atoms with Gasteiger partial charge in [0.25, 0.3) is 5.56 Å². The number of fused-ring (bicyclic) bond motifs is 1. The number of rotatable bonds is 5. The van der Waals surface area contributed by atoms with Gasteiger partial charge in [0.2, 0.25) is 11.6 Å². The standard InChI is InChI=1S/C23H24F3N3O2/c1-5-16-6-8-17(9-7-16)12-27-21(30)15(4)29-19-11-14(3)13(2)10-18(19)28-20(22(29)31)23(24,25)26/h6-11,15H,5,12H2,1-4H3,(H,27,30)/t15-/m1/s1. The molecule has 1 amide bonds. The SMILES string of the molecule is CCc1ccc(CNC(=O)[C@@H](C)n2c(=O)c(C(F)(F)F)nc3cc(C)c(C)cc32)cc1. The smallest absolute Gasteiger partial charge is 0.350 e. The summed E-state index contributed by atoms with van der Waals surface area (Å²) in [5, 5.41) is 2.71. The molecule has 1 aromatic heterocycles. The number of alkyl halides is 3. The number of hydrogen-bond acceptors (Lipinski definition) is 3. The molecular weight excluding hydrogens is 407 g/mol. The number of carbonyl (C=O) groups excluding carboxylic acids is 1. The predicted octanol–water partition coefficient (Wildman–Crippen LogP) is 4.47. The van der Waals surface area contributed by atoms with Gasteiger partial charge in [0.15, 0.2) is 0 Å². The largest absolute Gasteiger partial charge is 0.438 e. The molecule has 1 heterocycles. The molecule has 1 N–H and O–H groups in total. The Balaban J connectivity index is 2.00. The maximum absolute atomic E-state index is 13.5. The molecule has 0 spiro atoms. The summed E-state index contributed by atoms with van der Waals surface area (Å²) in [5.74, 6) is -0.555. The molecule has 0 aliphatic carbocycles. The van der Waals surface area contributed by atoms with Crippen LogP contribution < -0.4 is 10.9 Å². The molecule has 0 saturated heterocycles. The Kier molecular flexibility index (Phi) is 6.20. The average Bonchev–Trinajstić information content (AvgIpc) is 2.72. The van der Waals surface area contributed by atoms with Crippen LogP contribution in [0.15, 0.2) is 41.2 Å². The van der Waals surface area contributed by atoms with Gasteiger partial charge in [-0.15, -0.1) is 0 Å². The molecule has 0 saturated carbocycles. The van der Waals surface area contributed by atoms with Gasteiger partial charge in [-0.2, -0.15) is 13.2 Å². The van der Waals surface area contributed by atoms with E-state index >= 15 is 0 Å². The third-order valence-electron chi connectivity index (χ3n) is 5.44. The average molecular weight is 431 g/mol. The van der Waals surface area contributed by atoms with Gasteiger partial charge in [-0.05, 0) is 61.6 Å². The van der Waals surface area contributed by atoms with E-state index in [1.165, 1.54) is 13.0 Å².